The van der Waals surface area contributed by atoms with Crippen molar-refractivity contribution in [1.82, 2.24) is 0 Å². The van der Waals surface area contributed by atoms with E-state index >= 15 is 0 Å². The molecule has 0 unspecified atom stereocenters. The molecule has 0 aromatic rings. The molecular weight excluding hydrogens is 251 g/mol. The third-order valence-corrected chi connectivity index (χ3v) is 3.66. The lowest BCUT2D eigenvalue weighted by Gasteiger charge is -2.31. The summed E-state index contributed by atoms with van der Waals surface area (Å²) in [5.74, 6) is -2.53. The summed E-state index contributed by atoms with van der Waals surface area (Å²) in [6.07, 6.45) is 1.31. The monoisotopic (exact) mass is 261 g/mol. The van der Waals surface area contributed by atoms with Gasteiger partial charge in [-0.1, -0.05) is 22.6 Å². The summed E-state index contributed by atoms with van der Waals surface area (Å²) in [7, 11) is 0. The molecule has 60 valence electrons. The van der Waals surface area contributed by atoms with Gasteiger partial charge in [0, 0.05) is 12.5 Å². The van der Waals surface area contributed by atoms with Crippen molar-refractivity contribution in [3.63, 3.8) is 0 Å². The summed E-state index contributed by atoms with van der Waals surface area (Å²) < 4.78 is 24.9. The number of hydrogen-bond donors (Lipinski definition) is 1. The van der Waals surface area contributed by atoms with E-state index in [9.17, 15) is 8.78 Å². The van der Waals surface area contributed by atoms with Crippen LogP contribution in [0, 0.1) is 0 Å². The molecule has 1 rings (SSSR count). The van der Waals surface area contributed by atoms with Crippen LogP contribution in [-0.4, -0.2) is 15.9 Å². The Hall–Kier alpha value is 0.550. The van der Waals surface area contributed by atoms with Crippen molar-refractivity contribution < 1.29 is 8.78 Å². The predicted octanol–water partition coefficient (Wildman–Crippen LogP) is 1.94. The highest BCUT2D eigenvalue weighted by Gasteiger charge is 2.43. The van der Waals surface area contributed by atoms with E-state index in [2.05, 4.69) is 0 Å². The lowest BCUT2D eigenvalue weighted by molar-refractivity contribution is -0.0275. The maximum absolute atomic E-state index is 12.8. The van der Waals surface area contributed by atoms with E-state index in [1.165, 1.54) is 0 Å². The lowest BCUT2D eigenvalue weighted by atomic mass is 9.93. The van der Waals surface area contributed by atoms with Gasteiger partial charge >= 0.3 is 0 Å². The Bertz CT molecular complexity index is 129. The first-order valence-corrected chi connectivity index (χ1v) is 4.56. The van der Waals surface area contributed by atoms with Gasteiger partial charge in [0.2, 0.25) is 0 Å². The third kappa shape index (κ3) is 1.58. The quantitative estimate of drug-likeness (QED) is 0.523. The topological polar surface area (TPSA) is 26.0 Å². The Morgan fingerprint density at radius 2 is 2.10 bits per heavy atom. The van der Waals surface area contributed by atoms with E-state index in [0.29, 0.717) is 6.42 Å². The minimum absolute atomic E-state index is 0.00824. The van der Waals surface area contributed by atoms with E-state index in [4.69, 9.17) is 5.73 Å². The van der Waals surface area contributed by atoms with Crippen molar-refractivity contribution in [2.24, 2.45) is 5.73 Å². The Balaban J connectivity index is 2.60. The van der Waals surface area contributed by atoms with Crippen LogP contribution in [0.15, 0.2) is 0 Å². The fourth-order valence-electron chi connectivity index (χ4n) is 1.17. The number of halogens is 3. The molecule has 0 radical (unpaired) electrons. The Morgan fingerprint density at radius 3 is 2.50 bits per heavy atom. The van der Waals surface area contributed by atoms with Gasteiger partial charge in [-0.25, -0.2) is 8.78 Å². The Kier molecular flexibility index (Phi) is 2.50. The highest BCUT2D eigenvalue weighted by atomic mass is 127. The molecule has 1 saturated carbocycles. The molecule has 0 aromatic carbocycles. The van der Waals surface area contributed by atoms with Gasteiger partial charge < -0.3 is 5.73 Å². The first-order chi connectivity index (χ1) is 4.54. The summed E-state index contributed by atoms with van der Waals surface area (Å²) in [6, 6.07) is -0.315. The summed E-state index contributed by atoms with van der Waals surface area (Å²) >= 11 is 1.75. The van der Waals surface area contributed by atoms with Crippen LogP contribution in [0.1, 0.15) is 19.3 Å². The second kappa shape index (κ2) is 2.89. The van der Waals surface area contributed by atoms with Crippen LogP contribution in [0.4, 0.5) is 8.78 Å². The van der Waals surface area contributed by atoms with E-state index < -0.39 is 9.85 Å². The van der Waals surface area contributed by atoms with Crippen LogP contribution in [0.25, 0.3) is 0 Å². The average Bonchev–Trinajstić information content (AvgIpc) is 1.83. The molecule has 2 N–H and O–H groups in total. The van der Waals surface area contributed by atoms with Gasteiger partial charge in [-0.15, -0.1) is 0 Å². The van der Waals surface area contributed by atoms with Crippen LogP contribution in [0.3, 0.4) is 0 Å². The first kappa shape index (κ1) is 8.64. The van der Waals surface area contributed by atoms with Crippen LogP contribution < -0.4 is 5.73 Å². The molecule has 0 saturated heterocycles. The maximum Gasteiger partial charge on any atom is 0.261 e. The summed E-state index contributed by atoms with van der Waals surface area (Å²) in [5.41, 5.74) is 5.47. The van der Waals surface area contributed by atoms with Gasteiger partial charge in [-0.2, -0.15) is 0 Å². The molecule has 0 aliphatic heterocycles. The van der Waals surface area contributed by atoms with Gasteiger partial charge in [0.1, 0.15) is 0 Å². The van der Waals surface area contributed by atoms with Crippen molar-refractivity contribution in [3.8, 4) is 0 Å². The molecule has 0 heterocycles. The van der Waals surface area contributed by atoms with Gasteiger partial charge in [0.15, 0.2) is 0 Å². The molecule has 1 aliphatic carbocycles. The molecule has 0 bridgehead atoms. The Morgan fingerprint density at radius 1 is 1.50 bits per heavy atom. The van der Waals surface area contributed by atoms with Gasteiger partial charge in [-0.05, 0) is 12.8 Å². The second-order valence-corrected chi connectivity index (χ2v) is 4.06. The number of rotatable bonds is 0. The van der Waals surface area contributed by atoms with Gasteiger partial charge in [-0.3, -0.25) is 0 Å². The fraction of sp³-hybridized carbons (Fsp3) is 1.00. The summed E-state index contributed by atoms with van der Waals surface area (Å²) in [6.45, 7) is 0. The molecule has 4 heteroatoms. The summed E-state index contributed by atoms with van der Waals surface area (Å²) in [5, 5.41) is 0. The zero-order valence-corrected chi connectivity index (χ0v) is 7.64. The minimum atomic E-state index is -2.53. The van der Waals surface area contributed by atoms with Gasteiger partial charge in [0.25, 0.3) is 5.92 Å². The molecule has 0 spiro atoms. The average molecular weight is 261 g/mol. The smallest absolute Gasteiger partial charge is 0.261 e. The molecule has 0 aromatic heterocycles. The van der Waals surface area contributed by atoms with Crippen molar-refractivity contribution in [1.29, 1.82) is 0 Å². The minimum Gasteiger partial charge on any atom is -0.327 e. The van der Waals surface area contributed by atoms with E-state index in [1.807, 2.05) is 0 Å². The molecule has 2 atom stereocenters. The highest BCUT2D eigenvalue weighted by molar-refractivity contribution is 14.1. The zero-order chi connectivity index (χ0) is 7.78. The molecule has 1 aliphatic rings. The predicted molar refractivity (Wildman–Crippen MR) is 44.6 cm³/mol. The molecule has 10 heavy (non-hydrogen) atoms. The van der Waals surface area contributed by atoms with Crippen LogP contribution in [0.2, 0.25) is 0 Å². The number of hydrogen-bond acceptors (Lipinski definition) is 1. The number of nitrogens with two attached hydrogens (primary N) is 1. The van der Waals surface area contributed by atoms with Crippen LogP contribution >= 0.6 is 22.6 Å². The second-order valence-electron chi connectivity index (χ2n) is 2.72. The fourth-order valence-corrected chi connectivity index (χ4v) is 1.84. The first-order valence-electron chi connectivity index (χ1n) is 3.31. The maximum atomic E-state index is 12.8. The molecule has 1 nitrogen and oxygen atoms in total. The van der Waals surface area contributed by atoms with Crippen LogP contribution in [0.5, 0.6) is 0 Å². The molecule has 1 fully saturated rings. The van der Waals surface area contributed by atoms with Crippen molar-refractivity contribution in [2.45, 2.75) is 35.2 Å². The SMILES string of the molecule is N[C@H]1CCCC(F)(F)[C@H]1I. The Labute approximate surface area is 72.5 Å². The normalized spacial score (nSPS) is 39.6. The molecule has 0 amide bonds. The third-order valence-electron chi connectivity index (χ3n) is 1.83. The van der Waals surface area contributed by atoms with Crippen molar-refractivity contribution >= 4 is 22.6 Å². The van der Waals surface area contributed by atoms with E-state index in [-0.39, 0.29) is 12.5 Å². The van der Waals surface area contributed by atoms with Crippen molar-refractivity contribution in [3.05, 3.63) is 0 Å². The van der Waals surface area contributed by atoms with E-state index in [0.717, 1.165) is 6.42 Å². The summed E-state index contributed by atoms with van der Waals surface area (Å²) in [4.78, 5) is 0. The number of alkyl halides is 3. The lowest BCUT2D eigenvalue weighted by Crippen LogP contribution is -2.46. The standard InChI is InChI=1S/C6H10F2IN/c7-6(8)3-1-2-4(10)5(6)9/h4-5H,1-3,10H2/t4-,5-/m0/s1. The zero-order valence-electron chi connectivity index (χ0n) is 5.49. The van der Waals surface area contributed by atoms with Crippen molar-refractivity contribution in [2.75, 3.05) is 0 Å². The van der Waals surface area contributed by atoms with Gasteiger partial charge in [0.05, 0.1) is 3.92 Å². The largest absolute Gasteiger partial charge is 0.327 e. The molecular formula is C6H10F2IN. The highest BCUT2D eigenvalue weighted by Crippen LogP contribution is 2.37. The van der Waals surface area contributed by atoms with Crippen LogP contribution in [-0.2, 0) is 0 Å². The van der Waals surface area contributed by atoms with E-state index in [1.54, 1.807) is 22.6 Å².